The van der Waals surface area contributed by atoms with E-state index in [0.717, 1.165) is 38.3 Å². The van der Waals surface area contributed by atoms with Crippen molar-refractivity contribution >= 4 is 21.8 Å². The van der Waals surface area contributed by atoms with Crippen molar-refractivity contribution in [3.8, 4) is 0 Å². The molecule has 1 saturated heterocycles. The van der Waals surface area contributed by atoms with E-state index in [1.54, 1.807) is 0 Å². The molecular weight excluding hydrogens is 254 g/mol. The summed E-state index contributed by atoms with van der Waals surface area (Å²) in [7, 11) is 0. The Morgan fingerprint density at radius 1 is 1.27 bits per heavy atom. The van der Waals surface area contributed by atoms with Gasteiger partial charge in [0.05, 0.1) is 0 Å². The maximum absolute atomic E-state index is 11.9. The topological polar surface area (TPSA) is 20.3 Å². The highest BCUT2D eigenvalue weighted by Crippen LogP contribution is 2.29. The lowest BCUT2D eigenvalue weighted by atomic mass is 10.0. The van der Waals surface area contributed by atoms with Crippen LogP contribution in [0.25, 0.3) is 0 Å². The van der Waals surface area contributed by atoms with E-state index in [1.807, 2.05) is 4.90 Å². The molecule has 2 aliphatic rings. The molecule has 0 radical (unpaired) electrons. The van der Waals surface area contributed by atoms with Crippen LogP contribution in [0.3, 0.4) is 0 Å². The minimum absolute atomic E-state index is 0.379. The van der Waals surface area contributed by atoms with Crippen LogP contribution in [-0.2, 0) is 4.79 Å². The second-order valence-electron chi connectivity index (χ2n) is 4.91. The Morgan fingerprint density at radius 3 is 2.60 bits per heavy atom. The molecule has 1 atom stereocenters. The molecule has 1 saturated carbocycles. The molecule has 86 valence electrons. The zero-order valence-corrected chi connectivity index (χ0v) is 10.8. The molecule has 1 amide bonds. The largest absolute Gasteiger partial charge is 0.342 e. The van der Waals surface area contributed by atoms with Crippen LogP contribution in [0.2, 0.25) is 0 Å². The van der Waals surface area contributed by atoms with Crippen LogP contribution in [0, 0.1) is 5.92 Å². The summed E-state index contributed by atoms with van der Waals surface area (Å²) in [6.45, 7) is 1.88. The van der Waals surface area contributed by atoms with Gasteiger partial charge in [-0.05, 0) is 18.8 Å². The lowest BCUT2D eigenvalue weighted by Gasteiger charge is -2.16. The van der Waals surface area contributed by atoms with Crippen LogP contribution in [-0.4, -0.2) is 28.7 Å². The molecule has 2 fully saturated rings. The van der Waals surface area contributed by atoms with Crippen LogP contribution < -0.4 is 0 Å². The van der Waals surface area contributed by atoms with E-state index in [0.29, 0.717) is 10.7 Å². The zero-order valence-electron chi connectivity index (χ0n) is 9.25. The first-order valence-electron chi connectivity index (χ1n) is 6.17. The average molecular weight is 274 g/mol. The van der Waals surface area contributed by atoms with Crippen molar-refractivity contribution in [2.75, 3.05) is 13.1 Å². The number of rotatable bonds is 3. The molecule has 15 heavy (non-hydrogen) atoms. The second-order valence-corrected chi connectivity index (χ2v) is 6.21. The van der Waals surface area contributed by atoms with Crippen molar-refractivity contribution < 1.29 is 4.79 Å². The molecule has 0 aromatic heterocycles. The predicted molar refractivity (Wildman–Crippen MR) is 65.1 cm³/mol. The lowest BCUT2D eigenvalue weighted by molar-refractivity contribution is -0.130. The first-order valence-corrected chi connectivity index (χ1v) is 7.09. The number of hydrogen-bond donors (Lipinski definition) is 0. The first kappa shape index (κ1) is 11.4. The molecule has 0 bridgehead atoms. The molecule has 0 aromatic rings. The third kappa shape index (κ3) is 3.20. The lowest BCUT2D eigenvalue weighted by Crippen LogP contribution is -2.28. The molecule has 0 aromatic carbocycles. The average Bonchev–Trinajstić information content (AvgIpc) is 2.84. The summed E-state index contributed by atoms with van der Waals surface area (Å²) >= 11 is 3.57. The fourth-order valence-electron chi connectivity index (χ4n) is 2.73. The fraction of sp³-hybridized carbons (Fsp3) is 0.917. The summed E-state index contributed by atoms with van der Waals surface area (Å²) < 4.78 is 0. The predicted octanol–water partition coefficient (Wildman–Crippen LogP) is 2.95. The molecule has 0 N–H and O–H groups in total. The molecule has 1 unspecified atom stereocenters. The Balaban J connectivity index is 1.67. The Hall–Kier alpha value is -0.0500. The first-order chi connectivity index (χ1) is 7.25. The molecular formula is C12H20BrNO. The maximum atomic E-state index is 11.9. The van der Waals surface area contributed by atoms with Crippen LogP contribution >= 0.6 is 15.9 Å². The number of hydrogen-bond acceptors (Lipinski definition) is 1. The second kappa shape index (κ2) is 5.33. The minimum atomic E-state index is 0.379. The van der Waals surface area contributed by atoms with Crippen molar-refractivity contribution in [3.05, 3.63) is 0 Å². The van der Waals surface area contributed by atoms with Crippen molar-refractivity contribution in [2.45, 2.75) is 49.8 Å². The summed E-state index contributed by atoms with van der Waals surface area (Å²) in [5, 5.41) is 0. The summed E-state index contributed by atoms with van der Waals surface area (Å²) in [5.41, 5.74) is 0. The summed E-state index contributed by atoms with van der Waals surface area (Å²) in [5.74, 6) is 1.22. The van der Waals surface area contributed by atoms with Crippen molar-refractivity contribution in [3.63, 3.8) is 0 Å². The monoisotopic (exact) mass is 273 g/mol. The zero-order chi connectivity index (χ0) is 10.7. The quantitative estimate of drug-likeness (QED) is 0.724. The highest BCUT2D eigenvalue weighted by Gasteiger charge is 2.25. The Morgan fingerprint density at radius 2 is 2.00 bits per heavy atom. The normalized spacial score (nSPS) is 27.5. The number of halogens is 1. The van der Waals surface area contributed by atoms with Gasteiger partial charge in [-0.25, -0.2) is 0 Å². The number of amides is 1. The fourth-order valence-corrected chi connectivity index (χ4v) is 3.28. The molecule has 2 rings (SSSR count). The van der Waals surface area contributed by atoms with Gasteiger partial charge in [0, 0.05) is 24.3 Å². The van der Waals surface area contributed by atoms with E-state index in [-0.39, 0.29) is 0 Å². The van der Waals surface area contributed by atoms with Gasteiger partial charge in [0.25, 0.3) is 0 Å². The summed E-state index contributed by atoms with van der Waals surface area (Å²) in [6, 6.07) is 0. The van der Waals surface area contributed by atoms with Crippen LogP contribution in [0.4, 0.5) is 0 Å². The minimum Gasteiger partial charge on any atom is -0.342 e. The smallest absolute Gasteiger partial charge is 0.222 e. The molecule has 1 aliphatic heterocycles. The van der Waals surface area contributed by atoms with E-state index < -0.39 is 0 Å². The third-order valence-corrected chi connectivity index (χ3v) is 4.47. The van der Waals surface area contributed by atoms with Gasteiger partial charge >= 0.3 is 0 Å². The number of nitrogens with zero attached hydrogens (tertiary/aromatic N) is 1. The number of alkyl halides is 1. The molecule has 2 nitrogen and oxygen atoms in total. The SMILES string of the molecule is O=C(CCC1CCCC1)N1CCC(Br)C1. The highest BCUT2D eigenvalue weighted by atomic mass is 79.9. The Bertz CT molecular complexity index is 226. The van der Waals surface area contributed by atoms with Gasteiger partial charge in [0.1, 0.15) is 0 Å². The van der Waals surface area contributed by atoms with E-state index in [1.165, 1.54) is 25.7 Å². The molecule has 1 heterocycles. The van der Waals surface area contributed by atoms with E-state index >= 15 is 0 Å². The van der Waals surface area contributed by atoms with Gasteiger partial charge in [-0.2, -0.15) is 0 Å². The standard InChI is InChI=1S/C12H20BrNO/c13-11-7-8-14(9-11)12(15)6-5-10-3-1-2-4-10/h10-11H,1-9H2. The third-order valence-electron chi connectivity index (χ3n) is 3.72. The van der Waals surface area contributed by atoms with Gasteiger partial charge in [-0.3, -0.25) is 4.79 Å². The number of carbonyl (C=O) groups excluding carboxylic acids is 1. The van der Waals surface area contributed by atoms with Gasteiger partial charge < -0.3 is 4.90 Å². The highest BCUT2D eigenvalue weighted by molar-refractivity contribution is 9.09. The van der Waals surface area contributed by atoms with Crippen molar-refractivity contribution in [1.82, 2.24) is 4.90 Å². The van der Waals surface area contributed by atoms with Gasteiger partial charge in [-0.15, -0.1) is 0 Å². The number of carbonyl (C=O) groups is 1. The van der Waals surface area contributed by atoms with E-state index in [4.69, 9.17) is 0 Å². The summed E-state index contributed by atoms with van der Waals surface area (Å²) in [6.07, 6.45) is 8.50. The van der Waals surface area contributed by atoms with Crippen molar-refractivity contribution in [2.24, 2.45) is 5.92 Å². The van der Waals surface area contributed by atoms with Crippen LogP contribution in [0.1, 0.15) is 44.9 Å². The maximum Gasteiger partial charge on any atom is 0.222 e. The molecule has 1 aliphatic carbocycles. The molecule has 3 heteroatoms. The van der Waals surface area contributed by atoms with E-state index in [9.17, 15) is 4.79 Å². The Kier molecular flexibility index (Phi) is 4.06. The molecule has 0 spiro atoms. The van der Waals surface area contributed by atoms with Crippen molar-refractivity contribution in [1.29, 1.82) is 0 Å². The summed E-state index contributed by atoms with van der Waals surface area (Å²) in [4.78, 5) is 14.4. The Labute approximate surface area is 101 Å². The van der Waals surface area contributed by atoms with E-state index in [2.05, 4.69) is 15.9 Å². The van der Waals surface area contributed by atoms with Gasteiger partial charge in [-0.1, -0.05) is 41.6 Å². The van der Waals surface area contributed by atoms with Gasteiger partial charge in [0.2, 0.25) is 5.91 Å². The number of likely N-dealkylation sites (tertiary alicyclic amines) is 1. The van der Waals surface area contributed by atoms with Crippen LogP contribution in [0.5, 0.6) is 0 Å². The van der Waals surface area contributed by atoms with Gasteiger partial charge in [0.15, 0.2) is 0 Å². The van der Waals surface area contributed by atoms with Crippen LogP contribution in [0.15, 0.2) is 0 Å².